The molecule has 7 nitrogen and oxygen atoms in total. The highest BCUT2D eigenvalue weighted by Crippen LogP contribution is 2.29. The van der Waals surface area contributed by atoms with Crippen molar-refractivity contribution in [2.75, 3.05) is 34.0 Å². The summed E-state index contributed by atoms with van der Waals surface area (Å²) in [6, 6.07) is 10.4. The predicted octanol–water partition coefficient (Wildman–Crippen LogP) is 3.31. The van der Waals surface area contributed by atoms with Gasteiger partial charge in [0.1, 0.15) is 11.6 Å². The maximum atomic E-state index is 13.9. The molecule has 0 aromatic heterocycles. The molecule has 2 aromatic carbocycles. The minimum atomic E-state index is -0.292. The molecule has 32 heavy (non-hydrogen) atoms. The number of fused-ring (bicyclic) bond motifs is 1. The van der Waals surface area contributed by atoms with Crippen LogP contribution in [0.15, 0.2) is 41.4 Å². The zero-order valence-electron chi connectivity index (χ0n) is 18.6. The fourth-order valence-corrected chi connectivity index (χ4v) is 3.28. The molecule has 0 bridgehead atoms. The van der Waals surface area contributed by atoms with Crippen LogP contribution in [0.1, 0.15) is 34.0 Å². The van der Waals surface area contributed by atoms with Gasteiger partial charge in [-0.2, -0.15) is 0 Å². The van der Waals surface area contributed by atoms with E-state index in [2.05, 4.69) is 15.6 Å². The Morgan fingerprint density at radius 1 is 1.19 bits per heavy atom. The number of nitrogens with zero attached hydrogens (tertiary/aromatic N) is 2. The lowest BCUT2D eigenvalue weighted by Gasteiger charge is -2.21. The van der Waals surface area contributed by atoms with Gasteiger partial charge in [-0.1, -0.05) is 12.1 Å². The summed E-state index contributed by atoms with van der Waals surface area (Å²) in [4.78, 5) is 18.1. The van der Waals surface area contributed by atoms with Crippen LogP contribution in [0, 0.1) is 5.82 Å². The number of rotatable bonds is 7. The van der Waals surface area contributed by atoms with Crippen LogP contribution < -0.4 is 15.4 Å². The molecule has 174 valence electrons. The largest absolute Gasteiger partial charge is 0.467 e. The van der Waals surface area contributed by atoms with Crippen molar-refractivity contribution in [3.63, 3.8) is 0 Å². The molecule has 0 saturated carbocycles. The lowest BCUT2D eigenvalue weighted by atomic mass is 10.1. The lowest BCUT2D eigenvalue weighted by molar-refractivity contribution is -0.0172. The Hall–Kier alpha value is -2.40. The normalized spacial score (nSPS) is 12.8. The SMILES string of the molecule is CCNC(=NCc1ccc(C(=O)N(C)C)cc1)NCCc1cc(F)cc2c1OCOC2.I. The van der Waals surface area contributed by atoms with Crippen LogP contribution in [0.5, 0.6) is 5.75 Å². The van der Waals surface area contributed by atoms with Gasteiger partial charge in [0.2, 0.25) is 0 Å². The summed E-state index contributed by atoms with van der Waals surface area (Å²) in [7, 11) is 3.46. The first kappa shape index (κ1) is 25.9. The standard InChI is InChI=1S/C23H29FN4O3.HI/c1-4-25-23(27-13-16-5-7-17(8-6-16)22(29)28(2)3)26-10-9-18-11-20(24)12-19-14-30-15-31-21(18)19;/h5-8,11-12H,4,9-10,13-15H2,1-3H3,(H2,25,26,27);1H. The Bertz CT molecular complexity index is 936. The maximum absolute atomic E-state index is 13.9. The average molecular weight is 556 g/mol. The molecule has 0 aliphatic carbocycles. The van der Waals surface area contributed by atoms with Gasteiger partial charge in [-0.15, -0.1) is 24.0 Å². The minimum Gasteiger partial charge on any atom is -0.467 e. The van der Waals surface area contributed by atoms with Crippen LogP contribution in [0.4, 0.5) is 4.39 Å². The molecular weight excluding hydrogens is 526 g/mol. The second-order valence-corrected chi connectivity index (χ2v) is 7.43. The molecule has 0 atom stereocenters. The number of guanidine groups is 1. The van der Waals surface area contributed by atoms with E-state index in [-0.39, 0.29) is 42.5 Å². The van der Waals surface area contributed by atoms with E-state index in [0.29, 0.717) is 43.4 Å². The molecule has 1 heterocycles. The number of hydrogen-bond acceptors (Lipinski definition) is 4. The summed E-state index contributed by atoms with van der Waals surface area (Å²) in [5, 5.41) is 6.49. The highest BCUT2D eigenvalue weighted by molar-refractivity contribution is 14.0. The van der Waals surface area contributed by atoms with E-state index >= 15 is 0 Å². The number of halogens is 2. The van der Waals surface area contributed by atoms with Crippen LogP contribution in [0.3, 0.4) is 0 Å². The molecule has 3 rings (SSSR count). The third kappa shape index (κ3) is 7.06. The third-order valence-electron chi connectivity index (χ3n) is 4.81. The Kier molecular flexibility index (Phi) is 10.2. The molecule has 1 aliphatic heterocycles. The van der Waals surface area contributed by atoms with Gasteiger partial charge in [-0.3, -0.25) is 4.79 Å². The smallest absolute Gasteiger partial charge is 0.253 e. The summed E-state index contributed by atoms with van der Waals surface area (Å²) in [5.74, 6) is 1.06. The van der Waals surface area contributed by atoms with Gasteiger partial charge in [0.25, 0.3) is 5.91 Å². The molecular formula is C23H30FIN4O3. The second-order valence-electron chi connectivity index (χ2n) is 7.43. The molecule has 2 aromatic rings. The first-order valence-corrected chi connectivity index (χ1v) is 10.3. The molecule has 0 unspecified atom stereocenters. The predicted molar refractivity (Wildman–Crippen MR) is 133 cm³/mol. The average Bonchev–Trinajstić information content (AvgIpc) is 2.77. The van der Waals surface area contributed by atoms with Crippen LogP contribution in [-0.2, 0) is 24.3 Å². The van der Waals surface area contributed by atoms with E-state index in [9.17, 15) is 9.18 Å². The molecule has 0 fully saturated rings. The van der Waals surface area contributed by atoms with Crippen molar-refractivity contribution < 1.29 is 18.7 Å². The van der Waals surface area contributed by atoms with Crippen molar-refractivity contribution in [3.8, 4) is 5.75 Å². The number of amides is 1. The molecule has 0 radical (unpaired) electrons. The van der Waals surface area contributed by atoms with Crippen LogP contribution in [-0.4, -0.2) is 50.7 Å². The van der Waals surface area contributed by atoms with E-state index in [1.165, 1.54) is 12.1 Å². The van der Waals surface area contributed by atoms with E-state index in [1.54, 1.807) is 19.0 Å². The zero-order valence-corrected chi connectivity index (χ0v) is 20.9. The number of hydrogen-bond donors (Lipinski definition) is 2. The molecule has 1 amide bonds. The van der Waals surface area contributed by atoms with Gasteiger partial charge in [-0.25, -0.2) is 9.38 Å². The highest BCUT2D eigenvalue weighted by atomic mass is 127. The Morgan fingerprint density at radius 2 is 1.94 bits per heavy atom. The molecule has 0 spiro atoms. The van der Waals surface area contributed by atoms with Crippen LogP contribution in [0.2, 0.25) is 0 Å². The van der Waals surface area contributed by atoms with Crippen molar-refractivity contribution in [2.45, 2.75) is 26.5 Å². The van der Waals surface area contributed by atoms with Gasteiger partial charge < -0.3 is 25.0 Å². The minimum absolute atomic E-state index is 0. The van der Waals surface area contributed by atoms with Gasteiger partial charge >= 0.3 is 0 Å². The van der Waals surface area contributed by atoms with Crippen molar-refractivity contribution in [2.24, 2.45) is 4.99 Å². The summed E-state index contributed by atoms with van der Waals surface area (Å²) < 4.78 is 24.7. The Labute approximate surface area is 205 Å². The number of ether oxygens (including phenoxy) is 2. The highest BCUT2D eigenvalue weighted by Gasteiger charge is 2.16. The molecule has 1 aliphatic rings. The summed E-state index contributed by atoms with van der Waals surface area (Å²) in [6.07, 6.45) is 0.589. The van der Waals surface area contributed by atoms with Crippen molar-refractivity contribution >= 4 is 35.8 Å². The quantitative estimate of drug-likeness (QED) is 0.311. The van der Waals surface area contributed by atoms with Crippen LogP contribution in [0.25, 0.3) is 0 Å². The monoisotopic (exact) mass is 556 g/mol. The Balaban J connectivity index is 0.00000363. The topological polar surface area (TPSA) is 75.2 Å². The number of nitrogens with one attached hydrogen (secondary N) is 2. The van der Waals surface area contributed by atoms with Crippen molar-refractivity contribution in [3.05, 3.63) is 64.5 Å². The van der Waals surface area contributed by atoms with E-state index < -0.39 is 0 Å². The lowest BCUT2D eigenvalue weighted by Crippen LogP contribution is -2.38. The van der Waals surface area contributed by atoms with Gasteiger partial charge in [0.15, 0.2) is 12.8 Å². The first-order valence-electron chi connectivity index (χ1n) is 10.3. The van der Waals surface area contributed by atoms with Crippen molar-refractivity contribution in [1.82, 2.24) is 15.5 Å². The summed E-state index contributed by atoms with van der Waals surface area (Å²) in [5.41, 5.74) is 3.19. The summed E-state index contributed by atoms with van der Waals surface area (Å²) in [6.45, 7) is 4.30. The second kappa shape index (κ2) is 12.6. The molecule has 0 saturated heterocycles. The van der Waals surface area contributed by atoms with E-state index in [1.807, 2.05) is 31.2 Å². The Morgan fingerprint density at radius 3 is 2.62 bits per heavy atom. The third-order valence-corrected chi connectivity index (χ3v) is 4.81. The fraction of sp³-hybridized carbons (Fsp3) is 0.391. The van der Waals surface area contributed by atoms with Gasteiger partial charge in [0.05, 0.1) is 13.2 Å². The summed E-state index contributed by atoms with van der Waals surface area (Å²) >= 11 is 0. The number of aliphatic imine (C=N–C) groups is 1. The molecule has 2 N–H and O–H groups in total. The zero-order chi connectivity index (χ0) is 22.2. The van der Waals surface area contributed by atoms with Crippen LogP contribution >= 0.6 is 24.0 Å². The van der Waals surface area contributed by atoms with Gasteiger partial charge in [-0.05, 0) is 48.7 Å². The molecule has 9 heteroatoms. The van der Waals surface area contributed by atoms with E-state index in [0.717, 1.165) is 23.2 Å². The van der Waals surface area contributed by atoms with Crippen molar-refractivity contribution in [1.29, 1.82) is 0 Å². The maximum Gasteiger partial charge on any atom is 0.253 e. The number of benzene rings is 2. The number of carbonyl (C=O) groups is 1. The van der Waals surface area contributed by atoms with Gasteiger partial charge in [0, 0.05) is 38.3 Å². The number of carbonyl (C=O) groups excluding carboxylic acids is 1. The first-order chi connectivity index (χ1) is 15.0. The fourth-order valence-electron chi connectivity index (χ4n) is 3.28. The van der Waals surface area contributed by atoms with E-state index in [4.69, 9.17) is 9.47 Å².